The molecule has 106 valence electrons. The fourth-order valence-corrected chi connectivity index (χ4v) is 3.15. The first-order chi connectivity index (χ1) is 8.88. The molecular formula is C13H17F2NO2S. The molecule has 19 heavy (non-hydrogen) atoms. The molecule has 2 rings (SSSR count). The van der Waals surface area contributed by atoms with Gasteiger partial charge in [0.25, 0.3) is 0 Å². The fraction of sp³-hybridized carbons (Fsp3) is 0.538. The number of hydrogen-bond donors (Lipinski definition) is 1. The van der Waals surface area contributed by atoms with Crippen molar-refractivity contribution in [1.82, 2.24) is 5.32 Å². The zero-order valence-corrected chi connectivity index (χ0v) is 11.6. The summed E-state index contributed by atoms with van der Waals surface area (Å²) in [6.45, 7) is 1.75. The fourth-order valence-electron chi connectivity index (χ4n) is 2.42. The number of nitrogens with one attached hydrogen (secondary N) is 1. The maximum Gasteiger partial charge on any atom is 0.178 e. The number of benzene rings is 1. The van der Waals surface area contributed by atoms with E-state index >= 15 is 0 Å². The molecule has 0 radical (unpaired) electrons. The SMILES string of the molecule is CS(=O)(=O)c1cc(F)c(CC2CCCNC2)cc1F. The van der Waals surface area contributed by atoms with Crippen molar-refractivity contribution in [2.24, 2.45) is 5.92 Å². The van der Waals surface area contributed by atoms with E-state index in [1.54, 1.807) is 0 Å². The van der Waals surface area contributed by atoms with Gasteiger partial charge >= 0.3 is 0 Å². The average Bonchev–Trinajstić information content (AvgIpc) is 2.33. The van der Waals surface area contributed by atoms with Crippen LogP contribution in [0.5, 0.6) is 0 Å². The molecule has 1 aliphatic heterocycles. The van der Waals surface area contributed by atoms with E-state index in [4.69, 9.17) is 0 Å². The van der Waals surface area contributed by atoms with Gasteiger partial charge in [0.1, 0.15) is 16.5 Å². The van der Waals surface area contributed by atoms with Crippen LogP contribution in [-0.2, 0) is 16.3 Å². The van der Waals surface area contributed by atoms with Crippen LogP contribution in [0.1, 0.15) is 18.4 Å². The lowest BCUT2D eigenvalue weighted by atomic mass is 9.92. The second kappa shape index (κ2) is 5.54. The lowest BCUT2D eigenvalue weighted by molar-refractivity contribution is 0.371. The molecule has 0 aromatic heterocycles. The molecule has 1 fully saturated rings. The minimum atomic E-state index is -3.73. The van der Waals surface area contributed by atoms with Gasteiger partial charge in [0.05, 0.1) is 0 Å². The van der Waals surface area contributed by atoms with Gasteiger partial charge < -0.3 is 5.32 Å². The largest absolute Gasteiger partial charge is 0.316 e. The van der Waals surface area contributed by atoms with E-state index in [1.165, 1.54) is 0 Å². The Morgan fingerprint density at radius 2 is 2.05 bits per heavy atom. The van der Waals surface area contributed by atoms with E-state index < -0.39 is 26.4 Å². The third-order valence-electron chi connectivity index (χ3n) is 3.41. The summed E-state index contributed by atoms with van der Waals surface area (Å²) < 4.78 is 50.2. The highest BCUT2D eigenvalue weighted by molar-refractivity contribution is 7.90. The number of piperidine rings is 1. The third kappa shape index (κ3) is 3.51. The van der Waals surface area contributed by atoms with Crippen LogP contribution in [0.25, 0.3) is 0 Å². The average molecular weight is 289 g/mol. The van der Waals surface area contributed by atoms with Crippen LogP contribution in [-0.4, -0.2) is 27.8 Å². The van der Waals surface area contributed by atoms with Gasteiger partial charge in [-0.2, -0.15) is 0 Å². The number of sulfone groups is 1. The van der Waals surface area contributed by atoms with Crippen molar-refractivity contribution in [3.8, 4) is 0 Å². The number of hydrogen-bond acceptors (Lipinski definition) is 3. The topological polar surface area (TPSA) is 46.2 Å². The van der Waals surface area contributed by atoms with Gasteiger partial charge in [-0.05, 0) is 56.0 Å². The van der Waals surface area contributed by atoms with E-state index in [1.807, 2.05) is 0 Å². The van der Waals surface area contributed by atoms with Gasteiger partial charge in [0.2, 0.25) is 0 Å². The van der Waals surface area contributed by atoms with Gasteiger partial charge in [-0.25, -0.2) is 17.2 Å². The molecule has 1 aliphatic rings. The van der Waals surface area contributed by atoms with Crippen LogP contribution in [0.2, 0.25) is 0 Å². The summed E-state index contributed by atoms with van der Waals surface area (Å²) in [7, 11) is -3.73. The van der Waals surface area contributed by atoms with E-state index in [0.29, 0.717) is 6.42 Å². The standard InChI is InChI=1S/C13H17F2NO2S/c1-19(17,18)13-7-11(14)10(6-12(13)15)5-9-3-2-4-16-8-9/h6-7,9,16H,2-5,8H2,1H3. The molecule has 1 atom stereocenters. The molecule has 3 nitrogen and oxygen atoms in total. The van der Waals surface area contributed by atoms with Crippen molar-refractivity contribution in [1.29, 1.82) is 0 Å². The number of halogens is 2. The predicted molar refractivity (Wildman–Crippen MR) is 68.8 cm³/mol. The maximum absolute atomic E-state index is 13.9. The number of rotatable bonds is 3. The zero-order chi connectivity index (χ0) is 14.0. The second-order valence-electron chi connectivity index (χ2n) is 5.06. The molecule has 1 saturated heterocycles. The van der Waals surface area contributed by atoms with Gasteiger partial charge in [-0.1, -0.05) is 0 Å². The highest BCUT2D eigenvalue weighted by Crippen LogP contribution is 2.23. The van der Waals surface area contributed by atoms with Crippen LogP contribution >= 0.6 is 0 Å². The zero-order valence-electron chi connectivity index (χ0n) is 10.7. The summed E-state index contributed by atoms with van der Waals surface area (Å²) in [5, 5.41) is 3.21. The van der Waals surface area contributed by atoms with Gasteiger partial charge in [0.15, 0.2) is 9.84 Å². The van der Waals surface area contributed by atoms with Crippen molar-refractivity contribution >= 4 is 9.84 Å². The minimum Gasteiger partial charge on any atom is -0.316 e. The molecular weight excluding hydrogens is 272 g/mol. The summed E-state index contributed by atoms with van der Waals surface area (Å²) >= 11 is 0. The molecule has 6 heteroatoms. The van der Waals surface area contributed by atoms with E-state index in [0.717, 1.165) is 44.3 Å². The summed E-state index contributed by atoms with van der Waals surface area (Å²) in [6, 6.07) is 1.80. The Morgan fingerprint density at radius 1 is 1.32 bits per heavy atom. The van der Waals surface area contributed by atoms with Crippen molar-refractivity contribution in [2.45, 2.75) is 24.2 Å². The lowest BCUT2D eigenvalue weighted by Crippen LogP contribution is -2.31. The van der Waals surface area contributed by atoms with Crippen molar-refractivity contribution < 1.29 is 17.2 Å². The molecule has 0 amide bonds. The van der Waals surface area contributed by atoms with Crippen LogP contribution in [0, 0.1) is 17.6 Å². The van der Waals surface area contributed by atoms with Crippen molar-refractivity contribution in [3.05, 3.63) is 29.3 Å². The summed E-state index contributed by atoms with van der Waals surface area (Å²) in [5.41, 5.74) is 0.249. The maximum atomic E-state index is 13.9. The molecule has 0 aliphatic carbocycles. The highest BCUT2D eigenvalue weighted by atomic mass is 32.2. The molecule has 0 saturated carbocycles. The molecule has 1 aromatic carbocycles. The first-order valence-electron chi connectivity index (χ1n) is 6.26. The molecule has 1 aromatic rings. The van der Waals surface area contributed by atoms with Crippen LogP contribution in [0.4, 0.5) is 8.78 Å². The Hall–Kier alpha value is -1.01. The second-order valence-corrected chi connectivity index (χ2v) is 7.05. The van der Waals surface area contributed by atoms with E-state index in [-0.39, 0.29) is 11.5 Å². The van der Waals surface area contributed by atoms with E-state index in [2.05, 4.69) is 5.32 Å². The molecule has 1 heterocycles. The summed E-state index contributed by atoms with van der Waals surface area (Å²) in [6.07, 6.45) is 3.30. The Bertz CT molecular complexity index is 566. The van der Waals surface area contributed by atoms with E-state index in [9.17, 15) is 17.2 Å². The minimum absolute atomic E-state index is 0.249. The Balaban J connectivity index is 2.25. The highest BCUT2D eigenvalue weighted by Gasteiger charge is 2.20. The van der Waals surface area contributed by atoms with Gasteiger partial charge in [-0.3, -0.25) is 0 Å². The summed E-state index contributed by atoms with van der Waals surface area (Å²) in [5.74, 6) is -1.25. The monoisotopic (exact) mass is 289 g/mol. The van der Waals surface area contributed by atoms with Crippen LogP contribution in [0.3, 0.4) is 0 Å². The molecule has 0 bridgehead atoms. The van der Waals surface area contributed by atoms with Crippen molar-refractivity contribution in [3.63, 3.8) is 0 Å². The molecule has 1 unspecified atom stereocenters. The van der Waals surface area contributed by atoms with Crippen LogP contribution in [0.15, 0.2) is 17.0 Å². The molecule has 0 spiro atoms. The van der Waals surface area contributed by atoms with Gasteiger partial charge in [-0.15, -0.1) is 0 Å². The predicted octanol–water partition coefficient (Wildman–Crippen LogP) is 1.91. The Morgan fingerprint density at radius 3 is 2.63 bits per heavy atom. The smallest absolute Gasteiger partial charge is 0.178 e. The Labute approximate surface area is 111 Å². The first-order valence-corrected chi connectivity index (χ1v) is 8.16. The van der Waals surface area contributed by atoms with Crippen molar-refractivity contribution in [2.75, 3.05) is 19.3 Å². The molecule has 1 N–H and O–H groups in total. The quantitative estimate of drug-likeness (QED) is 0.924. The lowest BCUT2D eigenvalue weighted by Gasteiger charge is -2.23. The Kier molecular flexibility index (Phi) is 4.20. The normalized spacial score (nSPS) is 20.5. The van der Waals surface area contributed by atoms with Gasteiger partial charge in [0, 0.05) is 6.26 Å². The summed E-state index contributed by atoms with van der Waals surface area (Å²) in [4.78, 5) is -0.574. The first kappa shape index (κ1) is 14.4. The third-order valence-corrected chi connectivity index (χ3v) is 4.52. The van der Waals surface area contributed by atoms with Crippen LogP contribution < -0.4 is 5.32 Å².